The lowest BCUT2D eigenvalue weighted by Gasteiger charge is -2.23. The highest BCUT2D eigenvalue weighted by Crippen LogP contribution is 2.32. The van der Waals surface area contributed by atoms with Gasteiger partial charge in [0.1, 0.15) is 17.8 Å². The van der Waals surface area contributed by atoms with Gasteiger partial charge in [-0.1, -0.05) is 43.7 Å². The van der Waals surface area contributed by atoms with Gasteiger partial charge in [-0.15, -0.1) is 0 Å². The fourth-order valence-corrected chi connectivity index (χ4v) is 2.40. The van der Waals surface area contributed by atoms with E-state index in [9.17, 15) is 0 Å². The largest absolute Gasteiger partial charge is 0.383 e. The zero-order chi connectivity index (χ0) is 17.9. The highest BCUT2D eigenvalue weighted by Gasteiger charge is 2.26. The second-order valence-electron chi connectivity index (χ2n) is 6.10. The van der Waals surface area contributed by atoms with Gasteiger partial charge in [-0.05, 0) is 20.8 Å². The van der Waals surface area contributed by atoms with Crippen molar-refractivity contribution in [3.05, 3.63) is 36.2 Å². The van der Waals surface area contributed by atoms with Gasteiger partial charge in [-0.2, -0.15) is 5.10 Å². The first-order valence-electron chi connectivity index (χ1n) is 8.21. The van der Waals surface area contributed by atoms with E-state index in [1.165, 1.54) is 11.9 Å². The molecule has 24 heavy (non-hydrogen) atoms. The van der Waals surface area contributed by atoms with Crippen LogP contribution in [0.5, 0.6) is 0 Å². The molecule has 0 aliphatic carbocycles. The molecule has 0 bridgehead atoms. The lowest BCUT2D eigenvalue weighted by molar-refractivity contribution is 0.340. The number of aromatic nitrogens is 4. The SMILES string of the molecule is CC.Cc1ccc(-c2nn(C(C)(C)CN)c3ncnc(N)c23)cc1. The van der Waals surface area contributed by atoms with Crippen LogP contribution in [0.1, 0.15) is 33.3 Å². The van der Waals surface area contributed by atoms with E-state index in [1.807, 2.05) is 56.6 Å². The van der Waals surface area contributed by atoms with Crippen molar-refractivity contribution < 1.29 is 0 Å². The lowest BCUT2D eigenvalue weighted by Crippen LogP contribution is -2.36. The van der Waals surface area contributed by atoms with Gasteiger partial charge < -0.3 is 11.5 Å². The monoisotopic (exact) mass is 326 g/mol. The normalized spacial score (nSPS) is 11.2. The summed E-state index contributed by atoms with van der Waals surface area (Å²) < 4.78 is 1.84. The first-order chi connectivity index (χ1) is 11.4. The van der Waals surface area contributed by atoms with Gasteiger partial charge in [0, 0.05) is 12.1 Å². The predicted octanol–water partition coefficient (Wildman–Crippen LogP) is 3.10. The molecule has 3 aromatic rings. The Morgan fingerprint density at radius 1 is 1.08 bits per heavy atom. The van der Waals surface area contributed by atoms with Crippen LogP contribution >= 0.6 is 0 Å². The van der Waals surface area contributed by atoms with Crippen LogP contribution in [-0.2, 0) is 5.54 Å². The molecule has 0 atom stereocenters. The van der Waals surface area contributed by atoms with Crippen molar-refractivity contribution in [1.29, 1.82) is 0 Å². The summed E-state index contributed by atoms with van der Waals surface area (Å²) in [5, 5.41) is 5.52. The summed E-state index contributed by atoms with van der Waals surface area (Å²) in [6, 6.07) is 8.16. The van der Waals surface area contributed by atoms with E-state index in [-0.39, 0.29) is 5.54 Å². The summed E-state index contributed by atoms with van der Waals surface area (Å²) >= 11 is 0. The molecular formula is C18H26N6. The molecule has 0 unspecified atom stereocenters. The van der Waals surface area contributed by atoms with Gasteiger partial charge in [-0.3, -0.25) is 0 Å². The minimum Gasteiger partial charge on any atom is -0.383 e. The molecule has 2 aromatic heterocycles. The number of hydrogen-bond acceptors (Lipinski definition) is 5. The molecule has 0 fully saturated rings. The third-order valence-electron chi connectivity index (χ3n) is 3.89. The average molecular weight is 326 g/mol. The highest BCUT2D eigenvalue weighted by atomic mass is 15.4. The number of fused-ring (bicyclic) bond motifs is 1. The second kappa shape index (κ2) is 6.97. The Morgan fingerprint density at radius 3 is 2.29 bits per heavy atom. The van der Waals surface area contributed by atoms with Crippen LogP contribution in [0.2, 0.25) is 0 Å². The first-order valence-corrected chi connectivity index (χ1v) is 8.21. The number of hydrogen-bond donors (Lipinski definition) is 2. The number of rotatable bonds is 3. The molecule has 128 valence electrons. The Hall–Kier alpha value is -2.47. The van der Waals surface area contributed by atoms with Gasteiger partial charge in [0.2, 0.25) is 0 Å². The van der Waals surface area contributed by atoms with E-state index in [1.54, 1.807) is 0 Å². The van der Waals surface area contributed by atoms with Gasteiger partial charge in [-0.25, -0.2) is 14.6 Å². The Labute approximate surface area is 142 Å². The topological polar surface area (TPSA) is 95.6 Å². The number of nitrogens with two attached hydrogens (primary N) is 2. The highest BCUT2D eigenvalue weighted by molar-refractivity contribution is 5.98. The fourth-order valence-electron chi connectivity index (χ4n) is 2.40. The summed E-state index contributed by atoms with van der Waals surface area (Å²) in [4.78, 5) is 8.49. The molecule has 1 aromatic carbocycles. The minimum atomic E-state index is -0.359. The maximum atomic E-state index is 6.09. The fraction of sp³-hybridized carbons (Fsp3) is 0.389. The van der Waals surface area contributed by atoms with Crippen molar-refractivity contribution in [2.24, 2.45) is 5.73 Å². The molecular weight excluding hydrogens is 300 g/mol. The van der Waals surface area contributed by atoms with Crippen LogP contribution < -0.4 is 11.5 Å². The van der Waals surface area contributed by atoms with E-state index < -0.39 is 0 Å². The smallest absolute Gasteiger partial charge is 0.164 e. The molecule has 0 radical (unpaired) electrons. The zero-order valence-corrected chi connectivity index (χ0v) is 15.0. The molecule has 2 heterocycles. The Morgan fingerprint density at radius 2 is 1.71 bits per heavy atom. The van der Waals surface area contributed by atoms with Crippen LogP contribution in [0.4, 0.5) is 5.82 Å². The molecule has 0 amide bonds. The Kier molecular flexibility index (Phi) is 5.19. The molecule has 0 saturated heterocycles. The van der Waals surface area contributed by atoms with Gasteiger partial charge in [0.15, 0.2) is 5.65 Å². The molecule has 0 aliphatic rings. The number of nitrogens with zero attached hydrogens (tertiary/aromatic N) is 4. The zero-order valence-electron chi connectivity index (χ0n) is 15.0. The van der Waals surface area contributed by atoms with Crippen molar-refractivity contribution in [1.82, 2.24) is 19.7 Å². The lowest BCUT2D eigenvalue weighted by atomic mass is 10.1. The maximum absolute atomic E-state index is 6.09. The van der Waals surface area contributed by atoms with Crippen LogP contribution in [0.3, 0.4) is 0 Å². The van der Waals surface area contributed by atoms with Crippen molar-refractivity contribution in [2.75, 3.05) is 12.3 Å². The molecule has 0 saturated carbocycles. The van der Waals surface area contributed by atoms with E-state index in [2.05, 4.69) is 16.9 Å². The second-order valence-corrected chi connectivity index (χ2v) is 6.10. The molecule has 0 spiro atoms. The maximum Gasteiger partial charge on any atom is 0.164 e. The number of anilines is 1. The van der Waals surface area contributed by atoms with Crippen LogP contribution in [0, 0.1) is 6.92 Å². The molecule has 4 N–H and O–H groups in total. The molecule has 6 heteroatoms. The summed E-state index contributed by atoms with van der Waals surface area (Å²) in [7, 11) is 0. The summed E-state index contributed by atoms with van der Waals surface area (Å²) in [5.74, 6) is 0.430. The number of benzene rings is 1. The van der Waals surface area contributed by atoms with Crippen LogP contribution in [-0.4, -0.2) is 26.3 Å². The minimum absolute atomic E-state index is 0.359. The van der Waals surface area contributed by atoms with E-state index in [4.69, 9.17) is 16.6 Å². The van der Waals surface area contributed by atoms with Crippen molar-refractivity contribution >= 4 is 16.9 Å². The van der Waals surface area contributed by atoms with Gasteiger partial charge >= 0.3 is 0 Å². The average Bonchev–Trinajstić information content (AvgIpc) is 2.99. The predicted molar refractivity (Wildman–Crippen MR) is 99.6 cm³/mol. The van der Waals surface area contributed by atoms with Gasteiger partial charge in [0.05, 0.1) is 10.9 Å². The van der Waals surface area contributed by atoms with Crippen LogP contribution in [0.15, 0.2) is 30.6 Å². The summed E-state index contributed by atoms with van der Waals surface area (Å²) in [6.07, 6.45) is 1.46. The third-order valence-corrected chi connectivity index (χ3v) is 3.89. The van der Waals surface area contributed by atoms with Crippen LogP contribution in [0.25, 0.3) is 22.3 Å². The van der Waals surface area contributed by atoms with E-state index in [0.717, 1.165) is 16.6 Å². The van der Waals surface area contributed by atoms with E-state index >= 15 is 0 Å². The quantitative estimate of drug-likeness (QED) is 0.771. The summed E-state index contributed by atoms with van der Waals surface area (Å²) in [5.41, 5.74) is 15.3. The number of aryl methyl sites for hydroxylation is 1. The first kappa shape index (κ1) is 17.9. The van der Waals surface area contributed by atoms with E-state index in [0.29, 0.717) is 18.0 Å². The third kappa shape index (κ3) is 3.10. The molecule has 3 rings (SSSR count). The Bertz CT molecular complexity index is 817. The van der Waals surface area contributed by atoms with Crippen molar-refractivity contribution in [3.8, 4) is 11.3 Å². The Balaban J connectivity index is 0.00000100. The van der Waals surface area contributed by atoms with Crippen molar-refractivity contribution in [2.45, 2.75) is 40.2 Å². The molecule has 6 nitrogen and oxygen atoms in total. The summed E-state index contributed by atoms with van der Waals surface area (Å²) in [6.45, 7) is 10.5. The standard InChI is InChI=1S/C16H20N6.C2H6/c1-10-4-6-11(7-5-10)13-12-14(18)19-9-20-15(12)22(21-13)16(2,3)8-17;1-2/h4-7,9H,8,17H2,1-3H3,(H2,18,19,20);1-2H3. The molecule has 0 aliphatic heterocycles. The van der Waals surface area contributed by atoms with Crippen molar-refractivity contribution in [3.63, 3.8) is 0 Å². The number of nitrogen functional groups attached to an aromatic ring is 1. The van der Waals surface area contributed by atoms with Gasteiger partial charge in [0.25, 0.3) is 0 Å².